The van der Waals surface area contributed by atoms with Crippen molar-refractivity contribution in [3.8, 4) is 11.1 Å². The molecule has 2 saturated carbocycles. The van der Waals surface area contributed by atoms with Gasteiger partial charge < -0.3 is 13.9 Å². The minimum Gasteiger partial charge on any atom is -0.463 e. The Balaban J connectivity index is 1.26. The SMILES string of the molecule is Cc1cc(CN2CCN(C)CC23CC3)cc2c(=O)c(-c3cccc(C4(c5nncn5C)CC(C)C4)c3)coc12. The summed E-state index contributed by atoms with van der Waals surface area (Å²) in [6.07, 6.45) is 7.99. The molecule has 7 rings (SSSR count). The minimum atomic E-state index is -0.178. The molecule has 0 amide bonds. The van der Waals surface area contributed by atoms with Gasteiger partial charge in [-0.15, -0.1) is 10.2 Å². The molecule has 3 fully saturated rings. The number of fused-ring (bicyclic) bond motifs is 1. The molecule has 0 radical (unpaired) electrons. The first kappa shape index (κ1) is 24.7. The number of rotatable bonds is 5. The van der Waals surface area contributed by atoms with Crippen LogP contribution in [0, 0.1) is 12.8 Å². The van der Waals surface area contributed by atoms with Crippen LogP contribution >= 0.6 is 0 Å². The third-order valence-electron chi connectivity index (χ3n) is 9.57. The van der Waals surface area contributed by atoms with E-state index >= 15 is 0 Å². The molecule has 0 N–H and O–H groups in total. The number of piperazine rings is 1. The molecule has 39 heavy (non-hydrogen) atoms. The molecule has 2 aromatic heterocycles. The average molecular weight is 524 g/mol. The standard InChI is InChI=1S/C32H37N5O2/c1-21-15-32(16-21,30-34-33-20-36(30)4)25-7-5-6-24(14-25)27-18-39-29-22(2)12-23(13-26(29)28(27)38)17-37-11-10-35(3)19-31(37)8-9-31/h5-7,12-14,18,20-21H,8-11,15-17,19H2,1-4H3. The summed E-state index contributed by atoms with van der Waals surface area (Å²) < 4.78 is 8.18. The topological polar surface area (TPSA) is 67.4 Å². The van der Waals surface area contributed by atoms with Crippen molar-refractivity contribution in [3.63, 3.8) is 0 Å². The highest BCUT2D eigenvalue weighted by molar-refractivity contribution is 5.84. The third-order valence-corrected chi connectivity index (χ3v) is 9.57. The Bertz CT molecular complexity index is 1630. The summed E-state index contributed by atoms with van der Waals surface area (Å²) in [6, 6.07) is 12.7. The maximum atomic E-state index is 14.0. The van der Waals surface area contributed by atoms with E-state index in [1.54, 1.807) is 12.6 Å². The summed E-state index contributed by atoms with van der Waals surface area (Å²) in [5.74, 6) is 1.61. The zero-order chi connectivity index (χ0) is 26.9. The third kappa shape index (κ3) is 3.97. The molecule has 0 atom stereocenters. The second-order valence-electron chi connectivity index (χ2n) is 12.6. The van der Waals surface area contributed by atoms with Crippen LogP contribution in [0.15, 0.2) is 58.2 Å². The van der Waals surface area contributed by atoms with Crippen molar-refractivity contribution in [1.29, 1.82) is 0 Å². The van der Waals surface area contributed by atoms with E-state index in [1.807, 2.05) is 24.6 Å². The number of hydrogen-bond donors (Lipinski definition) is 0. The molecule has 0 unspecified atom stereocenters. The number of benzene rings is 2. The van der Waals surface area contributed by atoms with Crippen LogP contribution in [0.1, 0.15) is 55.1 Å². The maximum Gasteiger partial charge on any atom is 0.200 e. The number of aromatic nitrogens is 3. The van der Waals surface area contributed by atoms with Crippen molar-refractivity contribution in [2.24, 2.45) is 13.0 Å². The Labute approximate surface area is 229 Å². The van der Waals surface area contributed by atoms with Crippen molar-refractivity contribution < 1.29 is 4.42 Å². The number of nitrogens with zero attached hydrogens (tertiary/aromatic N) is 5. The molecule has 3 aliphatic rings. The van der Waals surface area contributed by atoms with Gasteiger partial charge in [0.15, 0.2) is 0 Å². The van der Waals surface area contributed by atoms with Gasteiger partial charge in [-0.05, 0) is 80.0 Å². The monoisotopic (exact) mass is 523 g/mol. The van der Waals surface area contributed by atoms with E-state index in [-0.39, 0.29) is 10.8 Å². The van der Waals surface area contributed by atoms with Gasteiger partial charge in [-0.25, -0.2) is 0 Å². The lowest BCUT2D eigenvalue weighted by Gasteiger charge is -2.46. The van der Waals surface area contributed by atoms with Gasteiger partial charge in [-0.3, -0.25) is 9.69 Å². The normalized spacial score (nSPS) is 24.8. The number of hydrogen-bond acceptors (Lipinski definition) is 6. The molecule has 2 aliphatic carbocycles. The second-order valence-corrected chi connectivity index (χ2v) is 12.6. The van der Waals surface area contributed by atoms with Crippen molar-refractivity contribution in [3.05, 3.63) is 81.7 Å². The Kier molecular flexibility index (Phi) is 5.62. The van der Waals surface area contributed by atoms with Crippen LogP contribution in [0.2, 0.25) is 0 Å². The van der Waals surface area contributed by atoms with E-state index in [4.69, 9.17) is 4.42 Å². The van der Waals surface area contributed by atoms with E-state index in [0.29, 0.717) is 28.0 Å². The highest BCUT2D eigenvalue weighted by Crippen LogP contribution is 2.52. The molecular weight excluding hydrogens is 486 g/mol. The molecule has 0 bridgehead atoms. The first-order chi connectivity index (χ1) is 18.8. The predicted molar refractivity (Wildman–Crippen MR) is 153 cm³/mol. The van der Waals surface area contributed by atoms with Crippen LogP contribution in [0.25, 0.3) is 22.1 Å². The highest BCUT2D eigenvalue weighted by atomic mass is 16.3. The summed E-state index contributed by atoms with van der Waals surface area (Å²) in [5, 5.41) is 9.33. The Morgan fingerprint density at radius 2 is 1.92 bits per heavy atom. The lowest BCUT2D eigenvalue weighted by molar-refractivity contribution is 0.0674. The smallest absolute Gasteiger partial charge is 0.200 e. The Morgan fingerprint density at radius 1 is 1.10 bits per heavy atom. The van der Waals surface area contributed by atoms with Crippen molar-refractivity contribution in [2.45, 2.75) is 57.0 Å². The first-order valence-electron chi connectivity index (χ1n) is 14.2. The van der Waals surface area contributed by atoms with Gasteiger partial charge >= 0.3 is 0 Å². The van der Waals surface area contributed by atoms with Crippen molar-refractivity contribution in [1.82, 2.24) is 24.6 Å². The molecule has 202 valence electrons. The quantitative estimate of drug-likeness (QED) is 0.371. The zero-order valence-corrected chi connectivity index (χ0v) is 23.4. The van der Waals surface area contributed by atoms with Gasteiger partial charge in [0.05, 0.1) is 16.4 Å². The summed E-state index contributed by atoms with van der Waals surface area (Å²) in [7, 11) is 4.23. The van der Waals surface area contributed by atoms with E-state index in [9.17, 15) is 4.79 Å². The van der Waals surface area contributed by atoms with Gasteiger partial charge in [0.1, 0.15) is 24.0 Å². The van der Waals surface area contributed by atoms with Gasteiger partial charge in [0.25, 0.3) is 0 Å². The molecule has 3 heterocycles. The summed E-state index contributed by atoms with van der Waals surface area (Å²) in [4.78, 5) is 19.1. The van der Waals surface area contributed by atoms with Crippen LogP contribution in [-0.4, -0.2) is 56.8 Å². The van der Waals surface area contributed by atoms with E-state index in [0.717, 1.165) is 56.0 Å². The average Bonchev–Trinajstić information content (AvgIpc) is 3.53. The van der Waals surface area contributed by atoms with E-state index in [2.05, 4.69) is 64.3 Å². The first-order valence-corrected chi connectivity index (χ1v) is 14.2. The van der Waals surface area contributed by atoms with Gasteiger partial charge in [-0.2, -0.15) is 0 Å². The van der Waals surface area contributed by atoms with Crippen molar-refractivity contribution >= 4 is 11.0 Å². The minimum absolute atomic E-state index is 0.0348. The maximum absolute atomic E-state index is 14.0. The number of likely N-dealkylation sites (N-methyl/N-ethyl adjacent to an activating group) is 1. The summed E-state index contributed by atoms with van der Waals surface area (Å²) in [5.41, 5.74) is 5.76. The highest BCUT2D eigenvalue weighted by Gasteiger charge is 2.50. The fraction of sp³-hybridized carbons (Fsp3) is 0.469. The fourth-order valence-electron chi connectivity index (χ4n) is 7.45. The lowest BCUT2D eigenvalue weighted by Crippen LogP contribution is -2.53. The van der Waals surface area contributed by atoms with Gasteiger partial charge in [0, 0.05) is 38.8 Å². The molecule has 1 aliphatic heterocycles. The number of aryl methyl sites for hydroxylation is 2. The van der Waals surface area contributed by atoms with Crippen LogP contribution in [0.4, 0.5) is 0 Å². The van der Waals surface area contributed by atoms with Gasteiger partial charge in [0.2, 0.25) is 5.43 Å². The van der Waals surface area contributed by atoms with Gasteiger partial charge in [-0.1, -0.05) is 31.2 Å². The molecule has 7 heteroatoms. The molecule has 7 nitrogen and oxygen atoms in total. The largest absolute Gasteiger partial charge is 0.463 e. The van der Waals surface area contributed by atoms with E-state index < -0.39 is 0 Å². The summed E-state index contributed by atoms with van der Waals surface area (Å²) >= 11 is 0. The lowest BCUT2D eigenvalue weighted by atomic mass is 9.58. The predicted octanol–water partition coefficient (Wildman–Crippen LogP) is 4.89. The summed E-state index contributed by atoms with van der Waals surface area (Å²) in [6.45, 7) is 8.50. The van der Waals surface area contributed by atoms with Crippen LogP contribution in [-0.2, 0) is 19.0 Å². The van der Waals surface area contributed by atoms with E-state index in [1.165, 1.54) is 24.0 Å². The Morgan fingerprint density at radius 3 is 2.64 bits per heavy atom. The zero-order valence-electron chi connectivity index (χ0n) is 23.4. The fourth-order valence-corrected chi connectivity index (χ4v) is 7.45. The molecule has 2 aromatic carbocycles. The van der Waals surface area contributed by atoms with Crippen LogP contribution < -0.4 is 5.43 Å². The molecule has 4 aromatic rings. The second kappa shape index (κ2) is 8.86. The van der Waals surface area contributed by atoms with Crippen LogP contribution in [0.3, 0.4) is 0 Å². The molecular formula is C32H37N5O2. The van der Waals surface area contributed by atoms with Crippen LogP contribution in [0.5, 0.6) is 0 Å². The molecule has 1 saturated heterocycles. The Hall–Kier alpha value is -3.29. The molecule has 1 spiro atoms. The van der Waals surface area contributed by atoms with Crippen molar-refractivity contribution in [2.75, 3.05) is 26.7 Å².